The summed E-state index contributed by atoms with van der Waals surface area (Å²) in [5.74, 6) is 1.03. The standard InChI is InChI=1S/C26H26N2O3/c1-18(19-14-15-23(30-2)24(16-19)31-3)27-28-25(29)22-17-26(22,20-10-6-4-7-11-20)21-12-8-5-9-13-21/h4-16,22H,17H2,1-3H3,(H,28,29)/b27-18-/t22-/m0/s1. The minimum absolute atomic E-state index is 0.0764. The van der Waals surface area contributed by atoms with E-state index in [1.807, 2.05) is 61.5 Å². The molecular weight excluding hydrogens is 388 g/mol. The molecule has 1 fully saturated rings. The highest BCUT2D eigenvalue weighted by molar-refractivity contribution is 6.00. The predicted octanol–water partition coefficient (Wildman–Crippen LogP) is 4.55. The van der Waals surface area contributed by atoms with E-state index in [9.17, 15) is 4.79 Å². The summed E-state index contributed by atoms with van der Waals surface area (Å²) in [6, 6.07) is 26.0. The molecule has 3 aromatic carbocycles. The number of hydrogen-bond donors (Lipinski definition) is 1. The lowest BCUT2D eigenvalue weighted by atomic mass is 9.85. The minimum Gasteiger partial charge on any atom is -0.493 e. The Kier molecular flexibility index (Phi) is 5.76. The molecule has 0 heterocycles. The van der Waals surface area contributed by atoms with Crippen LogP contribution in [0.15, 0.2) is 84.0 Å². The fourth-order valence-electron chi connectivity index (χ4n) is 4.20. The van der Waals surface area contributed by atoms with Crippen molar-refractivity contribution in [1.82, 2.24) is 5.43 Å². The van der Waals surface area contributed by atoms with Gasteiger partial charge in [-0.1, -0.05) is 60.7 Å². The van der Waals surface area contributed by atoms with Gasteiger partial charge in [0.05, 0.1) is 25.8 Å². The quantitative estimate of drug-likeness (QED) is 0.456. The molecule has 0 spiro atoms. The lowest BCUT2D eigenvalue weighted by Gasteiger charge is -2.18. The van der Waals surface area contributed by atoms with E-state index >= 15 is 0 Å². The summed E-state index contributed by atoms with van der Waals surface area (Å²) in [6.45, 7) is 1.86. The highest BCUT2D eigenvalue weighted by Gasteiger charge is 2.60. The van der Waals surface area contributed by atoms with Gasteiger partial charge in [0, 0.05) is 11.0 Å². The van der Waals surface area contributed by atoms with Gasteiger partial charge < -0.3 is 9.47 Å². The van der Waals surface area contributed by atoms with Crippen LogP contribution in [0.25, 0.3) is 0 Å². The Balaban J connectivity index is 1.55. The Morgan fingerprint density at radius 3 is 2.03 bits per heavy atom. The fraction of sp³-hybridized carbons (Fsp3) is 0.231. The fourth-order valence-corrected chi connectivity index (χ4v) is 4.20. The van der Waals surface area contributed by atoms with Crippen LogP contribution in [0, 0.1) is 5.92 Å². The molecular formula is C26H26N2O3. The summed E-state index contributed by atoms with van der Waals surface area (Å²) in [7, 11) is 3.19. The van der Waals surface area contributed by atoms with Crippen molar-refractivity contribution in [3.8, 4) is 11.5 Å². The second-order valence-electron chi connectivity index (χ2n) is 7.70. The molecule has 4 rings (SSSR count). The second kappa shape index (κ2) is 8.64. The second-order valence-corrected chi connectivity index (χ2v) is 7.70. The number of ether oxygens (including phenoxy) is 2. The van der Waals surface area contributed by atoms with Crippen molar-refractivity contribution >= 4 is 11.6 Å². The average molecular weight is 415 g/mol. The van der Waals surface area contributed by atoms with Gasteiger partial charge >= 0.3 is 0 Å². The number of carbonyl (C=O) groups excluding carboxylic acids is 1. The molecule has 0 aliphatic heterocycles. The zero-order valence-electron chi connectivity index (χ0n) is 18.0. The smallest absolute Gasteiger partial charge is 0.244 e. The van der Waals surface area contributed by atoms with Gasteiger partial charge in [-0.25, -0.2) is 5.43 Å². The van der Waals surface area contributed by atoms with E-state index in [4.69, 9.17) is 9.47 Å². The minimum atomic E-state index is -0.306. The van der Waals surface area contributed by atoms with E-state index in [-0.39, 0.29) is 17.2 Å². The van der Waals surface area contributed by atoms with E-state index in [1.54, 1.807) is 14.2 Å². The number of benzene rings is 3. The maximum Gasteiger partial charge on any atom is 0.244 e. The van der Waals surface area contributed by atoms with E-state index in [2.05, 4.69) is 34.8 Å². The lowest BCUT2D eigenvalue weighted by Crippen LogP contribution is -2.26. The number of nitrogens with zero attached hydrogens (tertiary/aromatic N) is 1. The van der Waals surface area contributed by atoms with Gasteiger partial charge in [-0.15, -0.1) is 0 Å². The zero-order chi connectivity index (χ0) is 21.8. The van der Waals surface area contributed by atoms with Crippen LogP contribution in [0.4, 0.5) is 0 Å². The average Bonchev–Trinajstić information content (AvgIpc) is 3.60. The maximum atomic E-state index is 13.1. The molecule has 3 aromatic rings. The van der Waals surface area contributed by atoms with E-state index < -0.39 is 0 Å². The summed E-state index contributed by atoms with van der Waals surface area (Å²) in [5, 5.41) is 4.36. The summed E-state index contributed by atoms with van der Waals surface area (Å²) < 4.78 is 10.6. The van der Waals surface area contributed by atoms with Crippen LogP contribution in [-0.4, -0.2) is 25.8 Å². The van der Waals surface area contributed by atoms with Crippen molar-refractivity contribution in [3.63, 3.8) is 0 Å². The van der Waals surface area contributed by atoms with E-state index in [1.165, 1.54) is 0 Å². The van der Waals surface area contributed by atoms with Crippen LogP contribution in [0.2, 0.25) is 0 Å². The summed E-state index contributed by atoms with van der Waals surface area (Å²) in [4.78, 5) is 13.1. The van der Waals surface area contributed by atoms with Crippen LogP contribution >= 0.6 is 0 Å². The number of rotatable bonds is 7. The Morgan fingerprint density at radius 2 is 1.48 bits per heavy atom. The molecule has 158 valence electrons. The molecule has 0 aromatic heterocycles. The number of nitrogens with one attached hydrogen (secondary N) is 1. The first kappa shape index (κ1) is 20.7. The monoisotopic (exact) mass is 414 g/mol. The normalized spacial score (nSPS) is 17.0. The van der Waals surface area contributed by atoms with Gasteiger partial charge in [-0.2, -0.15) is 5.10 Å². The predicted molar refractivity (Wildman–Crippen MR) is 122 cm³/mol. The topological polar surface area (TPSA) is 59.9 Å². The summed E-state index contributed by atoms with van der Waals surface area (Å²) >= 11 is 0. The summed E-state index contributed by atoms with van der Waals surface area (Å²) in [6.07, 6.45) is 0.762. The molecule has 1 atom stereocenters. The lowest BCUT2D eigenvalue weighted by molar-refractivity contribution is -0.122. The zero-order valence-corrected chi connectivity index (χ0v) is 18.0. The Bertz CT molecular complexity index is 1050. The molecule has 5 heteroatoms. The molecule has 1 aliphatic rings. The van der Waals surface area contributed by atoms with Crippen LogP contribution in [0.5, 0.6) is 11.5 Å². The van der Waals surface area contributed by atoms with Crippen molar-refractivity contribution < 1.29 is 14.3 Å². The molecule has 1 N–H and O–H groups in total. The Labute approximate surface area is 182 Å². The van der Waals surface area contributed by atoms with Crippen LogP contribution in [0.3, 0.4) is 0 Å². The molecule has 1 aliphatic carbocycles. The van der Waals surface area contributed by atoms with Crippen molar-refractivity contribution in [2.75, 3.05) is 14.2 Å². The first-order valence-electron chi connectivity index (χ1n) is 10.3. The third-order valence-corrected chi connectivity index (χ3v) is 5.99. The number of methoxy groups -OCH3 is 2. The number of amides is 1. The number of carbonyl (C=O) groups is 1. The van der Waals surface area contributed by atoms with E-state index in [0.29, 0.717) is 17.2 Å². The Morgan fingerprint density at radius 1 is 0.903 bits per heavy atom. The van der Waals surface area contributed by atoms with Gasteiger partial charge in [0.15, 0.2) is 11.5 Å². The molecule has 1 amide bonds. The third kappa shape index (κ3) is 3.91. The SMILES string of the molecule is COc1ccc(/C(C)=N\NC(=O)[C@@H]2CC2(c2ccccc2)c2ccccc2)cc1OC. The molecule has 0 radical (unpaired) electrons. The molecule has 0 saturated heterocycles. The van der Waals surface area contributed by atoms with Crippen molar-refractivity contribution in [3.05, 3.63) is 95.6 Å². The van der Waals surface area contributed by atoms with E-state index in [0.717, 1.165) is 23.1 Å². The van der Waals surface area contributed by atoms with Crippen LogP contribution < -0.4 is 14.9 Å². The highest BCUT2D eigenvalue weighted by Crippen LogP contribution is 2.58. The molecule has 0 bridgehead atoms. The number of hydrogen-bond acceptors (Lipinski definition) is 4. The third-order valence-electron chi connectivity index (χ3n) is 5.99. The van der Waals surface area contributed by atoms with Crippen molar-refractivity contribution in [1.29, 1.82) is 0 Å². The van der Waals surface area contributed by atoms with Gasteiger partial charge in [-0.3, -0.25) is 4.79 Å². The Hall–Kier alpha value is -3.60. The molecule has 0 unspecified atom stereocenters. The largest absolute Gasteiger partial charge is 0.493 e. The maximum absolute atomic E-state index is 13.1. The highest BCUT2D eigenvalue weighted by atomic mass is 16.5. The molecule has 31 heavy (non-hydrogen) atoms. The van der Waals surface area contributed by atoms with Crippen molar-refractivity contribution in [2.45, 2.75) is 18.8 Å². The van der Waals surface area contributed by atoms with Crippen LogP contribution in [0.1, 0.15) is 30.0 Å². The van der Waals surface area contributed by atoms with Gasteiger partial charge in [-0.05, 0) is 42.7 Å². The van der Waals surface area contributed by atoms with Gasteiger partial charge in [0.25, 0.3) is 0 Å². The molecule has 1 saturated carbocycles. The van der Waals surface area contributed by atoms with Gasteiger partial charge in [0.2, 0.25) is 5.91 Å². The summed E-state index contributed by atoms with van der Waals surface area (Å²) in [5.41, 5.74) is 6.33. The first-order chi connectivity index (χ1) is 15.1. The van der Waals surface area contributed by atoms with Crippen molar-refractivity contribution in [2.24, 2.45) is 11.0 Å². The van der Waals surface area contributed by atoms with Crippen LogP contribution in [-0.2, 0) is 10.2 Å². The molecule has 5 nitrogen and oxygen atoms in total. The number of hydrazone groups is 1. The van der Waals surface area contributed by atoms with Gasteiger partial charge in [0.1, 0.15) is 0 Å². The first-order valence-corrected chi connectivity index (χ1v) is 10.3.